The highest BCUT2D eigenvalue weighted by molar-refractivity contribution is 7.71. The second-order valence-corrected chi connectivity index (χ2v) is 9.47. The number of H-pyrrole nitrogens is 1. The first-order chi connectivity index (χ1) is 15.4. The van der Waals surface area contributed by atoms with E-state index in [0.717, 1.165) is 38.8 Å². The summed E-state index contributed by atoms with van der Waals surface area (Å²) in [4.78, 5) is 17.9. The van der Waals surface area contributed by atoms with Gasteiger partial charge in [-0.2, -0.15) is 5.10 Å². The molecule has 164 valence electrons. The van der Waals surface area contributed by atoms with Gasteiger partial charge in [0.25, 0.3) is 0 Å². The van der Waals surface area contributed by atoms with E-state index in [1.165, 1.54) is 16.9 Å². The van der Waals surface area contributed by atoms with Crippen molar-refractivity contribution >= 4 is 46.2 Å². The average molecular weight is 484 g/mol. The van der Waals surface area contributed by atoms with E-state index >= 15 is 0 Å². The SMILES string of the molecule is Cc1ccc(-c2n[nH]c(=S)n2CCC(=O)Nc2ncc(Cc3ccc(C)c(Cl)c3)s2)cc1. The third-order valence-corrected chi connectivity index (χ3v) is 6.68. The van der Waals surface area contributed by atoms with Crippen LogP contribution in [0.5, 0.6) is 0 Å². The highest BCUT2D eigenvalue weighted by atomic mass is 35.5. The molecule has 0 unspecified atom stereocenters. The van der Waals surface area contributed by atoms with E-state index in [0.29, 0.717) is 16.4 Å². The van der Waals surface area contributed by atoms with Gasteiger partial charge in [0.05, 0.1) is 0 Å². The number of carbonyl (C=O) groups is 1. The standard InChI is InChI=1S/C23H22ClN5OS2/c1-14-3-7-17(8-4-14)21-27-28-23(31)29(21)10-9-20(30)26-22-25-13-18(32-22)11-16-6-5-15(2)19(24)12-16/h3-8,12-13H,9-11H2,1-2H3,(H,28,31)(H,25,26,30). The second kappa shape index (κ2) is 9.77. The number of aryl methyl sites for hydroxylation is 2. The van der Waals surface area contributed by atoms with Crippen molar-refractivity contribution in [3.05, 3.63) is 80.0 Å². The topological polar surface area (TPSA) is 75.6 Å². The number of halogens is 1. The number of hydrogen-bond acceptors (Lipinski definition) is 5. The van der Waals surface area contributed by atoms with Crippen molar-refractivity contribution in [2.45, 2.75) is 33.2 Å². The zero-order valence-electron chi connectivity index (χ0n) is 17.7. The van der Waals surface area contributed by atoms with E-state index in [2.05, 4.69) is 26.6 Å². The summed E-state index contributed by atoms with van der Waals surface area (Å²) >= 11 is 13.0. The molecular weight excluding hydrogens is 462 g/mol. The van der Waals surface area contributed by atoms with E-state index in [4.69, 9.17) is 23.8 Å². The smallest absolute Gasteiger partial charge is 0.227 e. The molecule has 4 rings (SSSR count). The van der Waals surface area contributed by atoms with Gasteiger partial charge in [0.1, 0.15) is 0 Å². The van der Waals surface area contributed by atoms with Gasteiger partial charge in [-0.25, -0.2) is 4.98 Å². The third-order valence-electron chi connectivity index (χ3n) is 5.05. The zero-order valence-corrected chi connectivity index (χ0v) is 20.1. The summed E-state index contributed by atoms with van der Waals surface area (Å²) in [5.41, 5.74) is 4.28. The molecule has 2 aromatic carbocycles. The summed E-state index contributed by atoms with van der Waals surface area (Å²) in [5.74, 6) is 0.596. The minimum Gasteiger partial charge on any atom is -0.302 e. The number of aromatic amines is 1. The van der Waals surface area contributed by atoms with Gasteiger partial charge in [-0.15, -0.1) is 11.3 Å². The van der Waals surface area contributed by atoms with Crippen LogP contribution in [-0.2, 0) is 17.8 Å². The molecule has 1 amide bonds. The first kappa shape index (κ1) is 22.4. The van der Waals surface area contributed by atoms with E-state index in [-0.39, 0.29) is 12.3 Å². The summed E-state index contributed by atoms with van der Waals surface area (Å²) in [6, 6.07) is 14.1. The molecule has 0 fully saturated rings. The average Bonchev–Trinajstić information content (AvgIpc) is 3.36. The van der Waals surface area contributed by atoms with Crippen LogP contribution in [-0.4, -0.2) is 25.7 Å². The normalized spacial score (nSPS) is 11.0. The number of thiazole rings is 1. The molecule has 0 saturated carbocycles. The first-order valence-electron chi connectivity index (χ1n) is 10.1. The van der Waals surface area contributed by atoms with Crippen LogP contribution in [0.15, 0.2) is 48.7 Å². The van der Waals surface area contributed by atoms with Gasteiger partial charge in [-0.05, 0) is 43.3 Å². The maximum atomic E-state index is 12.5. The molecule has 2 heterocycles. The van der Waals surface area contributed by atoms with Crippen LogP contribution in [0.1, 0.15) is 28.0 Å². The number of aromatic nitrogens is 4. The second-order valence-electron chi connectivity index (χ2n) is 7.56. The van der Waals surface area contributed by atoms with Gasteiger partial charge in [0.15, 0.2) is 15.7 Å². The molecule has 2 N–H and O–H groups in total. The van der Waals surface area contributed by atoms with Crippen molar-refractivity contribution in [2.75, 3.05) is 5.32 Å². The largest absolute Gasteiger partial charge is 0.302 e. The predicted molar refractivity (Wildman–Crippen MR) is 132 cm³/mol. The molecule has 0 radical (unpaired) electrons. The Balaban J connectivity index is 1.37. The van der Waals surface area contributed by atoms with Crippen molar-refractivity contribution in [2.24, 2.45) is 0 Å². The highest BCUT2D eigenvalue weighted by Crippen LogP contribution is 2.24. The summed E-state index contributed by atoms with van der Waals surface area (Å²) in [6.07, 6.45) is 2.77. The number of benzene rings is 2. The highest BCUT2D eigenvalue weighted by Gasteiger charge is 2.12. The molecule has 2 aromatic heterocycles. The Hall–Kier alpha value is -2.81. The van der Waals surface area contributed by atoms with E-state index in [1.807, 2.05) is 54.8 Å². The van der Waals surface area contributed by atoms with Gasteiger partial charge in [-0.1, -0.05) is 53.6 Å². The van der Waals surface area contributed by atoms with Crippen LogP contribution >= 0.6 is 35.2 Å². The Bertz CT molecular complexity index is 1310. The van der Waals surface area contributed by atoms with E-state index in [1.54, 1.807) is 6.20 Å². The van der Waals surface area contributed by atoms with Crippen molar-refractivity contribution in [3.63, 3.8) is 0 Å². The Kier molecular flexibility index (Phi) is 6.83. The Morgan fingerprint density at radius 1 is 1.22 bits per heavy atom. The summed E-state index contributed by atoms with van der Waals surface area (Å²) in [5, 5.41) is 11.4. The summed E-state index contributed by atoms with van der Waals surface area (Å²) < 4.78 is 2.33. The molecule has 0 atom stereocenters. The van der Waals surface area contributed by atoms with Crippen LogP contribution in [0.25, 0.3) is 11.4 Å². The van der Waals surface area contributed by atoms with Crippen LogP contribution in [0.4, 0.5) is 5.13 Å². The molecule has 0 aliphatic heterocycles. The molecule has 0 saturated heterocycles. The van der Waals surface area contributed by atoms with Crippen LogP contribution in [0.3, 0.4) is 0 Å². The number of nitrogens with zero attached hydrogens (tertiary/aromatic N) is 3. The lowest BCUT2D eigenvalue weighted by atomic mass is 10.1. The monoisotopic (exact) mass is 483 g/mol. The minimum absolute atomic E-state index is 0.123. The number of amides is 1. The maximum absolute atomic E-state index is 12.5. The quantitative estimate of drug-likeness (QED) is 0.318. The van der Waals surface area contributed by atoms with E-state index in [9.17, 15) is 4.79 Å². The van der Waals surface area contributed by atoms with Crippen molar-refractivity contribution < 1.29 is 4.79 Å². The molecule has 0 aliphatic carbocycles. The van der Waals surface area contributed by atoms with Crippen molar-refractivity contribution in [1.29, 1.82) is 0 Å². The fourth-order valence-corrected chi connectivity index (χ4v) is 4.53. The lowest BCUT2D eigenvalue weighted by Gasteiger charge is -2.07. The van der Waals surface area contributed by atoms with Crippen LogP contribution < -0.4 is 5.32 Å². The Labute approximate surface area is 200 Å². The Morgan fingerprint density at radius 2 is 2.00 bits per heavy atom. The van der Waals surface area contributed by atoms with Crippen molar-refractivity contribution in [1.82, 2.24) is 19.7 Å². The van der Waals surface area contributed by atoms with Crippen LogP contribution in [0.2, 0.25) is 5.02 Å². The van der Waals surface area contributed by atoms with Gasteiger partial charge in [0.2, 0.25) is 5.91 Å². The molecule has 0 bridgehead atoms. The fraction of sp³-hybridized carbons (Fsp3) is 0.217. The third kappa shape index (κ3) is 5.32. The molecule has 4 aromatic rings. The first-order valence-corrected chi connectivity index (χ1v) is 11.7. The lowest BCUT2D eigenvalue weighted by Crippen LogP contribution is -2.15. The molecule has 6 nitrogen and oxygen atoms in total. The number of carbonyl (C=O) groups excluding carboxylic acids is 1. The maximum Gasteiger partial charge on any atom is 0.227 e. The Morgan fingerprint density at radius 3 is 2.75 bits per heavy atom. The molecular formula is C23H22ClN5OS2. The molecule has 0 spiro atoms. The van der Waals surface area contributed by atoms with Gasteiger partial charge in [0, 0.05) is 41.0 Å². The fourth-order valence-electron chi connectivity index (χ4n) is 3.24. The van der Waals surface area contributed by atoms with Gasteiger partial charge >= 0.3 is 0 Å². The summed E-state index contributed by atoms with van der Waals surface area (Å²) in [6.45, 7) is 4.43. The number of nitrogens with one attached hydrogen (secondary N) is 2. The molecule has 32 heavy (non-hydrogen) atoms. The minimum atomic E-state index is -0.123. The molecule has 9 heteroatoms. The lowest BCUT2D eigenvalue weighted by molar-refractivity contribution is -0.116. The summed E-state index contributed by atoms with van der Waals surface area (Å²) in [7, 11) is 0. The number of rotatable bonds is 7. The van der Waals surface area contributed by atoms with E-state index < -0.39 is 0 Å². The van der Waals surface area contributed by atoms with Gasteiger partial charge < -0.3 is 5.32 Å². The zero-order chi connectivity index (χ0) is 22.7. The van der Waals surface area contributed by atoms with Crippen molar-refractivity contribution in [3.8, 4) is 11.4 Å². The molecule has 0 aliphatic rings. The number of hydrogen-bond donors (Lipinski definition) is 2. The van der Waals surface area contributed by atoms with Gasteiger partial charge in [-0.3, -0.25) is 14.5 Å². The predicted octanol–water partition coefficient (Wildman–Crippen LogP) is 5.95. The van der Waals surface area contributed by atoms with Crippen LogP contribution in [0, 0.1) is 18.6 Å². The number of anilines is 1.